The Morgan fingerprint density at radius 3 is 2.71 bits per heavy atom. The van der Waals surface area contributed by atoms with Crippen LogP contribution in [0, 0.1) is 9.39 Å². The third-order valence-electron chi connectivity index (χ3n) is 2.04. The summed E-state index contributed by atoms with van der Waals surface area (Å²) in [6.45, 7) is 0.218. The zero-order chi connectivity index (χ0) is 12.8. The average Bonchev–Trinajstić information content (AvgIpc) is 2.24. The summed E-state index contributed by atoms with van der Waals surface area (Å²) in [5.41, 5.74) is 0.00317. The molecule has 2 N–H and O–H groups in total. The van der Waals surface area contributed by atoms with Gasteiger partial charge >= 0.3 is 5.97 Å². The second-order valence-corrected chi connectivity index (χ2v) is 4.51. The molecule has 0 bridgehead atoms. The highest BCUT2D eigenvalue weighted by atomic mass is 127. The van der Waals surface area contributed by atoms with Crippen LogP contribution in [-0.4, -0.2) is 23.5 Å². The molecule has 17 heavy (non-hydrogen) atoms. The first-order valence-electron chi connectivity index (χ1n) is 4.96. The molecule has 0 aliphatic heterocycles. The van der Waals surface area contributed by atoms with Crippen LogP contribution in [0.5, 0.6) is 0 Å². The van der Waals surface area contributed by atoms with E-state index in [1.165, 1.54) is 12.1 Å². The fourth-order valence-electron chi connectivity index (χ4n) is 1.24. The smallest absolute Gasteiger partial charge is 0.303 e. The van der Waals surface area contributed by atoms with Crippen LogP contribution in [-0.2, 0) is 4.79 Å². The molecule has 92 valence electrons. The van der Waals surface area contributed by atoms with Crippen molar-refractivity contribution in [2.45, 2.75) is 12.8 Å². The minimum atomic E-state index is -0.917. The predicted octanol–water partition coefficient (Wildman–Crippen LogP) is 2.02. The lowest BCUT2D eigenvalue weighted by Gasteiger charge is -2.07. The zero-order valence-electron chi connectivity index (χ0n) is 8.87. The summed E-state index contributed by atoms with van der Waals surface area (Å²) < 4.78 is 13.9. The number of carboxylic acids is 1. The molecule has 0 heterocycles. The van der Waals surface area contributed by atoms with Crippen molar-refractivity contribution in [3.05, 3.63) is 33.1 Å². The number of carbonyl (C=O) groups is 2. The summed E-state index contributed by atoms with van der Waals surface area (Å²) in [7, 11) is 0. The highest BCUT2D eigenvalue weighted by molar-refractivity contribution is 14.1. The lowest BCUT2D eigenvalue weighted by atomic mass is 10.2. The Morgan fingerprint density at radius 2 is 2.12 bits per heavy atom. The Balaban J connectivity index is 2.55. The molecule has 0 aliphatic rings. The van der Waals surface area contributed by atoms with E-state index in [1.54, 1.807) is 6.07 Å². The quantitative estimate of drug-likeness (QED) is 0.630. The standard InChI is InChI=1S/C11H11FINO3/c12-7-3-1-4-8(13)10(7)11(17)14-6-2-5-9(15)16/h1,3-4H,2,5-6H2,(H,14,17)(H,15,16). The van der Waals surface area contributed by atoms with Crippen molar-refractivity contribution in [1.29, 1.82) is 0 Å². The van der Waals surface area contributed by atoms with Crippen LogP contribution in [0.25, 0.3) is 0 Å². The number of benzene rings is 1. The number of carboxylic acid groups (broad SMARTS) is 1. The number of carbonyl (C=O) groups excluding carboxylic acids is 1. The molecular formula is C11H11FINO3. The molecule has 0 aromatic heterocycles. The Bertz CT molecular complexity index is 416. The van der Waals surface area contributed by atoms with Gasteiger partial charge in [0, 0.05) is 16.5 Å². The van der Waals surface area contributed by atoms with E-state index >= 15 is 0 Å². The van der Waals surface area contributed by atoms with Gasteiger partial charge in [-0.05, 0) is 41.1 Å². The first kappa shape index (κ1) is 13.9. The van der Waals surface area contributed by atoms with Gasteiger partial charge in [0.05, 0.1) is 5.56 Å². The van der Waals surface area contributed by atoms with Gasteiger partial charge in [-0.1, -0.05) is 6.07 Å². The number of hydrogen-bond donors (Lipinski definition) is 2. The first-order valence-corrected chi connectivity index (χ1v) is 6.04. The van der Waals surface area contributed by atoms with Crippen molar-refractivity contribution in [1.82, 2.24) is 5.32 Å². The van der Waals surface area contributed by atoms with Gasteiger partial charge in [-0.3, -0.25) is 9.59 Å². The molecular weight excluding hydrogens is 340 g/mol. The molecule has 0 saturated heterocycles. The molecule has 1 aromatic rings. The second kappa shape index (κ2) is 6.53. The third kappa shape index (κ3) is 4.29. The molecule has 0 spiro atoms. The Morgan fingerprint density at radius 1 is 1.41 bits per heavy atom. The van der Waals surface area contributed by atoms with Gasteiger partial charge in [0.2, 0.25) is 0 Å². The molecule has 4 nitrogen and oxygen atoms in total. The van der Waals surface area contributed by atoms with Gasteiger partial charge in [-0.15, -0.1) is 0 Å². The van der Waals surface area contributed by atoms with Crippen LogP contribution in [0.2, 0.25) is 0 Å². The number of rotatable bonds is 5. The van der Waals surface area contributed by atoms with E-state index in [9.17, 15) is 14.0 Å². The number of aliphatic carboxylic acids is 1. The summed E-state index contributed by atoms with van der Waals surface area (Å²) in [5, 5.41) is 10.9. The fourth-order valence-corrected chi connectivity index (χ4v) is 1.95. The predicted molar refractivity (Wildman–Crippen MR) is 68.3 cm³/mol. The summed E-state index contributed by atoms with van der Waals surface area (Å²) in [6, 6.07) is 4.38. The number of halogens is 2. The molecule has 0 unspecified atom stereocenters. The summed E-state index contributed by atoms with van der Waals surface area (Å²) in [6.07, 6.45) is 0.306. The van der Waals surface area contributed by atoms with Crippen molar-refractivity contribution in [2.24, 2.45) is 0 Å². The van der Waals surface area contributed by atoms with Crippen LogP contribution in [0.3, 0.4) is 0 Å². The van der Waals surface area contributed by atoms with Gasteiger partial charge in [0.1, 0.15) is 5.82 Å². The summed E-state index contributed by atoms with van der Waals surface area (Å²) in [4.78, 5) is 21.9. The Labute approximate surface area is 111 Å². The van der Waals surface area contributed by atoms with E-state index in [1.807, 2.05) is 22.6 Å². The van der Waals surface area contributed by atoms with Gasteiger partial charge in [-0.2, -0.15) is 0 Å². The Kier molecular flexibility index (Phi) is 5.33. The minimum Gasteiger partial charge on any atom is -0.481 e. The summed E-state index contributed by atoms with van der Waals surface area (Å²) in [5.74, 6) is -2.01. The van der Waals surface area contributed by atoms with Crippen molar-refractivity contribution in [2.75, 3.05) is 6.54 Å². The molecule has 0 saturated carbocycles. The molecule has 6 heteroatoms. The SMILES string of the molecule is O=C(O)CCCNC(=O)c1c(F)cccc1I. The number of hydrogen-bond acceptors (Lipinski definition) is 2. The van der Waals surface area contributed by atoms with E-state index in [0.29, 0.717) is 9.99 Å². The van der Waals surface area contributed by atoms with Gasteiger partial charge in [0.25, 0.3) is 5.91 Å². The maximum Gasteiger partial charge on any atom is 0.303 e. The fraction of sp³-hybridized carbons (Fsp3) is 0.273. The van der Waals surface area contributed by atoms with E-state index in [2.05, 4.69) is 5.32 Å². The maximum atomic E-state index is 13.4. The topological polar surface area (TPSA) is 66.4 Å². The Hall–Kier alpha value is -1.18. The van der Waals surface area contributed by atoms with Gasteiger partial charge in [0.15, 0.2) is 0 Å². The van der Waals surface area contributed by atoms with E-state index in [-0.39, 0.29) is 18.5 Å². The largest absolute Gasteiger partial charge is 0.481 e. The molecule has 0 radical (unpaired) electrons. The number of nitrogens with one attached hydrogen (secondary N) is 1. The van der Waals surface area contributed by atoms with Crippen molar-refractivity contribution in [3.8, 4) is 0 Å². The molecule has 1 rings (SSSR count). The van der Waals surface area contributed by atoms with Crippen molar-refractivity contribution in [3.63, 3.8) is 0 Å². The molecule has 1 amide bonds. The molecule has 0 atom stereocenters. The monoisotopic (exact) mass is 351 g/mol. The van der Waals surface area contributed by atoms with Crippen LogP contribution in [0.1, 0.15) is 23.2 Å². The zero-order valence-corrected chi connectivity index (χ0v) is 11.0. The van der Waals surface area contributed by atoms with Gasteiger partial charge < -0.3 is 10.4 Å². The lowest BCUT2D eigenvalue weighted by molar-refractivity contribution is -0.137. The highest BCUT2D eigenvalue weighted by Crippen LogP contribution is 2.15. The van der Waals surface area contributed by atoms with E-state index < -0.39 is 17.7 Å². The molecule has 1 aromatic carbocycles. The van der Waals surface area contributed by atoms with Crippen LogP contribution < -0.4 is 5.32 Å². The van der Waals surface area contributed by atoms with Crippen LogP contribution in [0.15, 0.2) is 18.2 Å². The third-order valence-corrected chi connectivity index (χ3v) is 2.94. The maximum absolute atomic E-state index is 13.4. The van der Waals surface area contributed by atoms with Crippen LogP contribution in [0.4, 0.5) is 4.39 Å². The van der Waals surface area contributed by atoms with Gasteiger partial charge in [-0.25, -0.2) is 4.39 Å². The highest BCUT2D eigenvalue weighted by Gasteiger charge is 2.14. The number of amides is 1. The molecule has 0 fully saturated rings. The lowest BCUT2D eigenvalue weighted by Crippen LogP contribution is -2.26. The average molecular weight is 351 g/mol. The van der Waals surface area contributed by atoms with E-state index in [0.717, 1.165) is 0 Å². The van der Waals surface area contributed by atoms with E-state index in [4.69, 9.17) is 5.11 Å². The minimum absolute atomic E-state index is 0.00317. The second-order valence-electron chi connectivity index (χ2n) is 3.35. The van der Waals surface area contributed by atoms with Crippen LogP contribution >= 0.6 is 22.6 Å². The van der Waals surface area contributed by atoms with Crippen molar-refractivity contribution >= 4 is 34.5 Å². The summed E-state index contributed by atoms with van der Waals surface area (Å²) >= 11 is 1.88. The first-order chi connectivity index (χ1) is 8.02. The normalized spacial score (nSPS) is 10.0. The molecule has 0 aliphatic carbocycles. The van der Waals surface area contributed by atoms with Crippen molar-refractivity contribution < 1.29 is 19.1 Å².